The lowest BCUT2D eigenvalue weighted by Gasteiger charge is -2.34. The van der Waals surface area contributed by atoms with Gasteiger partial charge in [0.2, 0.25) is 0 Å². The normalized spacial score (nSPS) is 19.2. The van der Waals surface area contributed by atoms with E-state index in [1.807, 2.05) is 17.9 Å². The standard InChI is InChI=1S/C25H25F4N3O3/c1-15-3-8-20(26)22(13-15)31-11-9-19(10-12-31)35-18-6-4-17(5-7-18)32-21(14-23(33)34)16(2)24(30-32)25(27,28)29/h3-8,13,19,21H,2,9-12,14H2,1H3,(H,33,34)/t21-/m0/s1. The number of carbonyl (C=O) groups is 1. The highest BCUT2D eigenvalue weighted by Gasteiger charge is 2.46. The van der Waals surface area contributed by atoms with Crippen molar-refractivity contribution in [2.45, 2.75) is 44.5 Å². The van der Waals surface area contributed by atoms with Crippen molar-refractivity contribution < 1.29 is 32.2 Å². The summed E-state index contributed by atoms with van der Waals surface area (Å²) in [5.74, 6) is -0.980. The Kier molecular flexibility index (Phi) is 6.73. The number of hydrogen-bond donors (Lipinski definition) is 1. The number of carboxylic acids is 1. The van der Waals surface area contributed by atoms with Crippen molar-refractivity contribution >= 4 is 23.1 Å². The molecule has 0 amide bonds. The number of hydrogen-bond acceptors (Lipinski definition) is 5. The predicted molar refractivity (Wildman–Crippen MR) is 125 cm³/mol. The van der Waals surface area contributed by atoms with Gasteiger partial charge in [0.15, 0.2) is 5.71 Å². The molecular formula is C25H25F4N3O3. The van der Waals surface area contributed by atoms with E-state index in [1.165, 1.54) is 18.2 Å². The van der Waals surface area contributed by atoms with E-state index < -0.39 is 30.3 Å². The molecule has 0 saturated carbocycles. The molecule has 0 bridgehead atoms. The highest BCUT2D eigenvalue weighted by atomic mass is 19.4. The summed E-state index contributed by atoms with van der Waals surface area (Å²) in [4.78, 5) is 13.2. The van der Waals surface area contributed by atoms with Gasteiger partial charge in [0.1, 0.15) is 17.7 Å². The lowest BCUT2D eigenvalue weighted by molar-refractivity contribution is -0.137. The SMILES string of the molecule is C=C1C(C(F)(F)F)=NN(c2ccc(OC3CCN(c4cc(C)ccc4F)CC3)cc2)[C@H]1CC(=O)O. The molecule has 0 radical (unpaired) electrons. The summed E-state index contributed by atoms with van der Waals surface area (Å²) < 4.78 is 60.1. The van der Waals surface area contributed by atoms with E-state index in [2.05, 4.69) is 11.7 Å². The number of piperidine rings is 1. The number of rotatable bonds is 6. The zero-order valence-corrected chi connectivity index (χ0v) is 19.1. The third-order valence-corrected chi connectivity index (χ3v) is 6.13. The van der Waals surface area contributed by atoms with Crippen molar-refractivity contribution in [2.75, 3.05) is 23.0 Å². The van der Waals surface area contributed by atoms with Crippen LogP contribution in [0, 0.1) is 12.7 Å². The molecule has 1 saturated heterocycles. The van der Waals surface area contributed by atoms with Gasteiger partial charge >= 0.3 is 12.1 Å². The smallest absolute Gasteiger partial charge is 0.435 e. The second-order valence-electron chi connectivity index (χ2n) is 8.68. The van der Waals surface area contributed by atoms with E-state index in [9.17, 15) is 22.4 Å². The minimum Gasteiger partial charge on any atom is -0.490 e. The number of ether oxygens (including phenoxy) is 1. The van der Waals surface area contributed by atoms with Crippen LogP contribution in [0.4, 0.5) is 28.9 Å². The van der Waals surface area contributed by atoms with Crippen LogP contribution in [-0.4, -0.2) is 48.2 Å². The van der Waals surface area contributed by atoms with E-state index in [0.29, 0.717) is 43.1 Å². The van der Waals surface area contributed by atoms with Crippen molar-refractivity contribution in [1.29, 1.82) is 0 Å². The van der Waals surface area contributed by atoms with Crippen molar-refractivity contribution in [3.05, 3.63) is 66.0 Å². The van der Waals surface area contributed by atoms with Crippen LogP contribution >= 0.6 is 0 Å². The molecule has 1 atom stereocenters. The molecule has 4 rings (SSSR count). The Bertz CT molecular complexity index is 1140. The minimum absolute atomic E-state index is 0.0915. The Morgan fingerprint density at radius 3 is 2.43 bits per heavy atom. The summed E-state index contributed by atoms with van der Waals surface area (Å²) >= 11 is 0. The van der Waals surface area contributed by atoms with Gasteiger partial charge in [0.05, 0.1) is 23.8 Å². The molecule has 35 heavy (non-hydrogen) atoms. The number of alkyl halides is 3. The number of hydrazone groups is 1. The Morgan fingerprint density at radius 2 is 1.83 bits per heavy atom. The highest BCUT2D eigenvalue weighted by Crippen LogP contribution is 2.36. The van der Waals surface area contributed by atoms with Gasteiger partial charge in [0.25, 0.3) is 0 Å². The topological polar surface area (TPSA) is 65.4 Å². The van der Waals surface area contributed by atoms with Crippen LogP contribution in [0.25, 0.3) is 0 Å². The van der Waals surface area contributed by atoms with E-state index >= 15 is 0 Å². The van der Waals surface area contributed by atoms with Gasteiger partial charge in [-0.2, -0.15) is 18.3 Å². The summed E-state index contributed by atoms with van der Waals surface area (Å²) in [7, 11) is 0. The number of nitrogens with zero attached hydrogens (tertiary/aromatic N) is 3. The maximum absolute atomic E-state index is 14.2. The van der Waals surface area contributed by atoms with Crippen LogP contribution in [0.2, 0.25) is 0 Å². The van der Waals surface area contributed by atoms with Gasteiger partial charge in [0, 0.05) is 31.5 Å². The Morgan fingerprint density at radius 1 is 1.17 bits per heavy atom. The lowest BCUT2D eigenvalue weighted by Crippen LogP contribution is -2.38. The third-order valence-electron chi connectivity index (χ3n) is 6.13. The third kappa shape index (κ3) is 5.41. The van der Waals surface area contributed by atoms with Crippen LogP contribution in [0.1, 0.15) is 24.8 Å². The van der Waals surface area contributed by atoms with E-state index in [-0.39, 0.29) is 17.5 Å². The number of aliphatic carboxylic acids is 1. The minimum atomic E-state index is -4.73. The Balaban J connectivity index is 1.42. The summed E-state index contributed by atoms with van der Waals surface area (Å²) in [6.07, 6.45) is -4.03. The number of halogens is 4. The largest absolute Gasteiger partial charge is 0.490 e. The lowest BCUT2D eigenvalue weighted by atomic mass is 10.0. The van der Waals surface area contributed by atoms with E-state index in [1.54, 1.807) is 18.2 Å². The van der Waals surface area contributed by atoms with Crippen molar-refractivity contribution in [3.63, 3.8) is 0 Å². The van der Waals surface area contributed by atoms with Gasteiger partial charge in [-0.05, 0) is 48.9 Å². The number of anilines is 2. The average molecular weight is 491 g/mol. The molecule has 2 aliphatic heterocycles. The number of benzene rings is 2. The first-order valence-corrected chi connectivity index (χ1v) is 11.2. The van der Waals surface area contributed by atoms with E-state index in [0.717, 1.165) is 10.6 Å². The zero-order valence-electron chi connectivity index (χ0n) is 19.1. The van der Waals surface area contributed by atoms with Crippen molar-refractivity contribution in [3.8, 4) is 5.75 Å². The van der Waals surface area contributed by atoms with Gasteiger partial charge in [-0.1, -0.05) is 12.6 Å². The van der Waals surface area contributed by atoms with Crippen LogP contribution in [-0.2, 0) is 4.79 Å². The average Bonchev–Trinajstić information content (AvgIpc) is 3.12. The van der Waals surface area contributed by atoms with Gasteiger partial charge in [-0.3, -0.25) is 9.80 Å². The fourth-order valence-electron chi connectivity index (χ4n) is 4.35. The first kappa shape index (κ1) is 24.6. The second-order valence-corrected chi connectivity index (χ2v) is 8.68. The molecule has 0 aliphatic carbocycles. The van der Waals surface area contributed by atoms with Gasteiger partial charge in [-0.15, -0.1) is 0 Å². The second kappa shape index (κ2) is 9.59. The molecular weight excluding hydrogens is 466 g/mol. The molecule has 10 heteroatoms. The van der Waals surface area contributed by atoms with Gasteiger partial charge in [-0.25, -0.2) is 4.39 Å². The molecule has 186 valence electrons. The van der Waals surface area contributed by atoms with Crippen molar-refractivity contribution in [1.82, 2.24) is 0 Å². The molecule has 6 nitrogen and oxygen atoms in total. The predicted octanol–water partition coefficient (Wildman–Crippen LogP) is 5.32. The fraction of sp³-hybridized carbons (Fsp3) is 0.360. The summed E-state index contributed by atoms with van der Waals surface area (Å²) in [5.41, 5.74) is 0.306. The summed E-state index contributed by atoms with van der Waals surface area (Å²) in [6, 6.07) is 10.2. The molecule has 1 fully saturated rings. The van der Waals surface area contributed by atoms with Crippen LogP contribution in [0.5, 0.6) is 5.75 Å². The first-order valence-electron chi connectivity index (χ1n) is 11.2. The number of aryl methyl sites for hydroxylation is 1. The summed E-state index contributed by atoms with van der Waals surface area (Å²) in [5, 5.41) is 13.8. The molecule has 2 aromatic rings. The summed E-state index contributed by atoms with van der Waals surface area (Å²) in [6.45, 7) is 6.61. The Hall–Kier alpha value is -3.56. The zero-order chi connectivity index (χ0) is 25.3. The maximum atomic E-state index is 14.2. The highest BCUT2D eigenvalue weighted by molar-refractivity contribution is 6.08. The maximum Gasteiger partial charge on any atom is 0.435 e. The molecule has 0 unspecified atom stereocenters. The molecule has 2 aliphatic rings. The molecule has 2 aromatic carbocycles. The van der Waals surface area contributed by atoms with Crippen LogP contribution < -0.4 is 14.6 Å². The number of carboxylic acid groups (broad SMARTS) is 1. The van der Waals surface area contributed by atoms with Crippen LogP contribution in [0.15, 0.2) is 59.7 Å². The molecule has 2 heterocycles. The van der Waals surface area contributed by atoms with Gasteiger partial charge < -0.3 is 14.7 Å². The molecule has 0 spiro atoms. The van der Waals surface area contributed by atoms with Crippen LogP contribution in [0.3, 0.4) is 0 Å². The van der Waals surface area contributed by atoms with Crippen molar-refractivity contribution in [2.24, 2.45) is 5.10 Å². The monoisotopic (exact) mass is 491 g/mol. The Labute approximate surface area is 200 Å². The first-order chi connectivity index (χ1) is 16.5. The van der Waals surface area contributed by atoms with E-state index in [4.69, 9.17) is 9.84 Å². The molecule has 1 N–H and O–H groups in total. The molecule has 0 aromatic heterocycles. The quantitative estimate of drug-likeness (QED) is 0.554. The fourth-order valence-corrected chi connectivity index (χ4v) is 4.35.